The summed E-state index contributed by atoms with van der Waals surface area (Å²) in [7, 11) is 0. The molecule has 0 atom stereocenters. The summed E-state index contributed by atoms with van der Waals surface area (Å²) in [6, 6.07) is 12.0. The highest BCUT2D eigenvalue weighted by Crippen LogP contribution is 2.27. The lowest BCUT2D eigenvalue weighted by Gasteiger charge is -2.07. The van der Waals surface area contributed by atoms with Gasteiger partial charge in [0.15, 0.2) is 17.3 Å². The van der Waals surface area contributed by atoms with Gasteiger partial charge in [0.1, 0.15) is 11.8 Å². The Morgan fingerprint density at radius 1 is 1.09 bits per heavy atom. The molecule has 0 fully saturated rings. The van der Waals surface area contributed by atoms with Gasteiger partial charge < -0.3 is 0 Å². The molecule has 0 aliphatic carbocycles. The summed E-state index contributed by atoms with van der Waals surface area (Å²) in [4.78, 5) is 0. The van der Waals surface area contributed by atoms with Crippen molar-refractivity contribution in [3.8, 4) is 23.0 Å². The Morgan fingerprint density at radius 3 is 2.59 bits per heavy atom. The molecule has 0 saturated heterocycles. The van der Waals surface area contributed by atoms with Gasteiger partial charge in [0, 0.05) is 10.6 Å². The number of nitrogens with zero attached hydrogens (tertiary/aromatic N) is 4. The first kappa shape index (κ1) is 14.2. The zero-order valence-corrected chi connectivity index (χ0v) is 11.7. The second-order valence-corrected chi connectivity index (χ2v) is 4.86. The normalized spacial score (nSPS) is 10.5. The van der Waals surface area contributed by atoms with Gasteiger partial charge in [-0.1, -0.05) is 22.9 Å². The fraction of sp³-hybridized carbons (Fsp3) is 0. The highest BCUT2D eigenvalue weighted by Gasteiger charge is 2.17. The first-order valence-corrected chi connectivity index (χ1v) is 6.55. The molecule has 1 heterocycles. The zero-order chi connectivity index (χ0) is 15.7. The van der Waals surface area contributed by atoms with E-state index in [0.29, 0.717) is 16.3 Å². The average Bonchev–Trinajstić information content (AvgIpc) is 2.94. The first-order chi connectivity index (χ1) is 10.6. The van der Waals surface area contributed by atoms with Crippen molar-refractivity contribution in [1.82, 2.24) is 15.0 Å². The molecule has 0 saturated carbocycles. The molecular weight excluding hydrogens is 310 g/mol. The van der Waals surface area contributed by atoms with Gasteiger partial charge in [0.25, 0.3) is 0 Å². The molecule has 0 unspecified atom stereocenters. The van der Waals surface area contributed by atoms with Crippen LogP contribution in [0.2, 0.25) is 5.02 Å². The van der Waals surface area contributed by atoms with Crippen LogP contribution in [0.25, 0.3) is 16.9 Å². The van der Waals surface area contributed by atoms with Crippen molar-refractivity contribution in [2.75, 3.05) is 0 Å². The van der Waals surface area contributed by atoms with Gasteiger partial charge in [-0.3, -0.25) is 0 Å². The summed E-state index contributed by atoms with van der Waals surface area (Å²) in [6.45, 7) is 0. The SMILES string of the molecule is N#Cc1nnn(-c2cccc(Cl)c2)c1-c1ccc(F)c(F)c1. The van der Waals surface area contributed by atoms with E-state index in [1.54, 1.807) is 24.3 Å². The van der Waals surface area contributed by atoms with Gasteiger partial charge in [0.05, 0.1) is 5.69 Å². The molecule has 0 aliphatic heterocycles. The lowest BCUT2D eigenvalue weighted by Crippen LogP contribution is -2.00. The van der Waals surface area contributed by atoms with Crippen LogP contribution in [0.4, 0.5) is 8.78 Å². The Kier molecular flexibility index (Phi) is 3.57. The van der Waals surface area contributed by atoms with E-state index < -0.39 is 11.6 Å². The summed E-state index contributed by atoms with van der Waals surface area (Å²) in [5.74, 6) is -1.98. The molecule has 7 heteroatoms. The molecule has 4 nitrogen and oxygen atoms in total. The van der Waals surface area contributed by atoms with E-state index in [1.807, 2.05) is 6.07 Å². The summed E-state index contributed by atoms with van der Waals surface area (Å²) in [5.41, 5.74) is 1.12. The fourth-order valence-electron chi connectivity index (χ4n) is 2.05. The van der Waals surface area contributed by atoms with E-state index in [-0.39, 0.29) is 11.4 Å². The van der Waals surface area contributed by atoms with Crippen molar-refractivity contribution in [2.45, 2.75) is 0 Å². The molecule has 1 aromatic heterocycles. The topological polar surface area (TPSA) is 54.5 Å². The first-order valence-electron chi connectivity index (χ1n) is 6.17. The summed E-state index contributed by atoms with van der Waals surface area (Å²) in [6.07, 6.45) is 0. The minimum Gasteiger partial charge on any atom is -0.211 e. The maximum atomic E-state index is 13.5. The monoisotopic (exact) mass is 316 g/mol. The summed E-state index contributed by atoms with van der Waals surface area (Å²) >= 11 is 5.94. The highest BCUT2D eigenvalue weighted by molar-refractivity contribution is 6.30. The third kappa shape index (κ3) is 2.43. The van der Waals surface area contributed by atoms with Crippen molar-refractivity contribution >= 4 is 11.6 Å². The van der Waals surface area contributed by atoms with Crippen LogP contribution in [-0.2, 0) is 0 Å². The fourth-order valence-corrected chi connectivity index (χ4v) is 2.23. The number of hydrogen-bond donors (Lipinski definition) is 0. The van der Waals surface area contributed by atoms with Crippen LogP contribution >= 0.6 is 11.6 Å². The minimum atomic E-state index is -1.01. The van der Waals surface area contributed by atoms with Crippen LogP contribution in [0.3, 0.4) is 0 Å². The second-order valence-electron chi connectivity index (χ2n) is 4.42. The van der Waals surface area contributed by atoms with E-state index in [9.17, 15) is 8.78 Å². The number of hydrogen-bond acceptors (Lipinski definition) is 3. The van der Waals surface area contributed by atoms with Gasteiger partial charge in [-0.15, -0.1) is 5.10 Å². The average molecular weight is 317 g/mol. The molecule has 0 N–H and O–H groups in total. The maximum Gasteiger partial charge on any atom is 0.191 e. The third-order valence-corrected chi connectivity index (χ3v) is 3.26. The Balaban J connectivity index is 2.24. The standard InChI is InChI=1S/C15H7ClF2N4/c16-10-2-1-3-11(7-10)22-15(14(8-19)20-21-22)9-4-5-12(17)13(18)6-9/h1-7H. The van der Waals surface area contributed by atoms with E-state index in [2.05, 4.69) is 10.3 Å². The van der Waals surface area contributed by atoms with Gasteiger partial charge in [-0.05, 0) is 36.4 Å². The number of rotatable bonds is 2. The van der Waals surface area contributed by atoms with Crippen molar-refractivity contribution in [3.63, 3.8) is 0 Å². The molecular formula is C15H7ClF2N4. The predicted molar refractivity (Wildman–Crippen MR) is 76.4 cm³/mol. The molecule has 0 radical (unpaired) electrons. The molecule has 0 spiro atoms. The quantitative estimate of drug-likeness (QED) is 0.723. The minimum absolute atomic E-state index is 0.00554. The molecule has 2 aromatic carbocycles. The molecule has 0 amide bonds. The highest BCUT2D eigenvalue weighted by atomic mass is 35.5. The summed E-state index contributed by atoms with van der Waals surface area (Å²) in [5, 5.41) is 17.3. The zero-order valence-electron chi connectivity index (χ0n) is 11.0. The van der Waals surface area contributed by atoms with Gasteiger partial charge >= 0.3 is 0 Å². The molecule has 3 aromatic rings. The van der Waals surface area contributed by atoms with Crippen LogP contribution in [0.15, 0.2) is 42.5 Å². The van der Waals surface area contributed by atoms with Gasteiger partial charge in [-0.25, -0.2) is 13.5 Å². The Morgan fingerprint density at radius 2 is 1.91 bits per heavy atom. The van der Waals surface area contributed by atoms with Crippen LogP contribution in [0.1, 0.15) is 5.69 Å². The van der Waals surface area contributed by atoms with E-state index >= 15 is 0 Å². The Labute approximate surface area is 129 Å². The number of halogens is 3. The van der Waals surface area contributed by atoms with Crippen LogP contribution in [0, 0.1) is 23.0 Å². The van der Waals surface area contributed by atoms with Crippen molar-refractivity contribution in [2.24, 2.45) is 0 Å². The number of nitriles is 1. The van der Waals surface area contributed by atoms with Crippen molar-refractivity contribution in [3.05, 3.63) is 64.8 Å². The van der Waals surface area contributed by atoms with Gasteiger partial charge in [0.2, 0.25) is 0 Å². The third-order valence-electron chi connectivity index (χ3n) is 3.02. The van der Waals surface area contributed by atoms with E-state index in [4.69, 9.17) is 16.9 Å². The Bertz CT molecular complexity index is 899. The van der Waals surface area contributed by atoms with Crippen molar-refractivity contribution < 1.29 is 8.78 Å². The smallest absolute Gasteiger partial charge is 0.191 e. The number of aromatic nitrogens is 3. The summed E-state index contributed by atoms with van der Waals surface area (Å²) < 4.78 is 27.9. The molecule has 108 valence electrons. The molecule has 22 heavy (non-hydrogen) atoms. The predicted octanol–water partition coefficient (Wildman–Crippen LogP) is 3.74. The largest absolute Gasteiger partial charge is 0.211 e. The lowest BCUT2D eigenvalue weighted by atomic mass is 10.1. The van der Waals surface area contributed by atoms with Crippen molar-refractivity contribution in [1.29, 1.82) is 5.26 Å². The van der Waals surface area contributed by atoms with Crippen LogP contribution in [-0.4, -0.2) is 15.0 Å². The molecule has 0 aliphatic rings. The molecule has 0 bridgehead atoms. The van der Waals surface area contributed by atoms with Crippen LogP contribution in [0.5, 0.6) is 0 Å². The van der Waals surface area contributed by atoms with E-state index in [0.717, 1.165) is 12.1 Å². The van der Waals surface area contributed by atoms with Gasteiger partial charge in [-0.2, -0.15) is 5.26 Å². The number of benzene rings is 2. The molecule has 3 rings (SSSR count). The second kappa shape index (κ2) is 5.54. The maximum absolute atomic E-state index is 13.5. The van der Waals surface area contributed by atoms with Crippen LogP contribution < -0.4 is 0 Å². The lowest BCUT2D eigenvalue weighted by molar-refractivity contribution is 0.509. The Hall–Kier alpha value is -2.78. The van der Waals surface area contributed by atoms with E-state index in [1.165, 1.54) is 10.7 Å².